The van der Waals surface area contributed by atoms with Gasteiger partial charge in [-0.2, -0.15) is 13.2 Å². The van der Waals surface area contributed by atoms with E-state index in [1.807, 2.05) is 0 Å². The minimum atomic E-state index is -4.57. The van der Waals surface area contributed by atoms with Crippen molar-refractivity contribution in [2.75, 3.05) is 0 Å². The van der Waals surface area contributed by atoms with Gasteiger partial charge in [-0.25, -0.2) is 9.78 Å². The van der Waals surface area contributed by atoms with Gasteiger partial charge in [-0.3, -0.25) is 4.57 Å². The Morgan fingerprint density at radius 2 is 2.25 bits per heavy atom. The third-order valence-corrected chi connectivity index (χ3v) is 2.19. The molecular formula is C8H8F3N3OS. The van der Waals surface area contributed by atoms with Gasteiger partial charge < -0.3 is 5.73 Å². The number of rotatable bonds is 3. The topological polar surface area (TPSA) is 60.9 Å². The van der Waals surface area contributed by atoms with E-state index in [2.05, 4.69) is 17.2 Å². The molecule has 1 heterocycles. The molecule has 0 aliphatic heterocycles. The number of halogens is 3. The van der Waals surface area contributed by atoms with Crippen molar-refractivity contribution in [2.24, 2.45) is 11.7 Å². The fourth-order valence-corrected chi connectivity index (χ4v) is 1.29. The van der Waals surface area contributed by atoms with Gasteiger partial charge in [-0.1, -0.05) is 12.2 Å². The van der Waals surface area contributed by atoms with E-state index in [9.17, 15) is 18.0 Å². The lowest BCUT2D eigenvalue weighted by Gasteiger charge is -2.19. The van der Waals surface area contributed by atoms with E-state index in [-0.39, 0.29) is 0 Å². The van der Waals surface area contributed by atoms with Crippen LogP contribution in [0, 0.1) is 5.92 Å². The van der Waals surface area contributed by atoms with Crippen LogP contribution >= 0.6 is 12.2 Å². The summed E-state index contributed by atoms with van der Waals surface area (Å²) in [6, 6.07) is 1.36. The van der Waals surface area contributed by atoms with Crippen molar-refractivity contribution in [2.45, 2.75) is 12.7 Å². The van der Waals surface area contributed by atoms with Crippen LogP contribution in [0.4, 0.5) is 13.2 Å². The molecule has 0 radical (unpaired) electrons. The maximum Gasteiger partial charge on any atom is 0.399 e. The Kier molecular flexibility index (Phi) is 3.63. The number of hydrogen-bond acceptors (Lipinski definition) is 3. The van der Waals surface area contributed by atoms with Crippen LogP contribution in [-0.4, -0.2) is 20.7 Å². The Hall–Kier alpha value is -1.44. The number of hydrogen-bond donors (Lipinski definition) is 1. The number of thiocarbonyl (C=S) groups is 1. The summed E-state index contributed by atoms with van der Waals surface area (Å²) >= 11 is 4.33. The van der Waals surface area contributed by atoms with Gasteiger partial charge in [0.05, 0.1) is 4.99 Å². The fraction of sp³-hybridized carbons (Fsp3) is 0.375. The first-order valence-corrected chi connectivity index (χ1v) is 4.60. The highest BCUT2D eigenvalue weighted by molar-refractivity contribution is 7.80. The summed E-state index contributed by atoms with van der Waals surface area (Å²) in [5.74, 6) is -2.02. The maximum absolute atomic E-state index is 12.5. The maximum atomic E-state index is 12.5. The van der Waals surface area contributed by atoms with Crippen molar-refractivity contribution in [3.63, 3.8) is 0 Å². The van der Waals surface area contributed by atoms with E-state index in [0.717, 1.165) is 4.57 Å². The Labute approximate surface area is 93.9 Å². The SMILES string of the molecule is NC(=S)C(Cn1cccnc1=O)C(F)(F)F. The van der Waals surface area contributed by atoms with Crippen LogP contribution in [0.3, 0.4) is 0 Å². The van der Waals surface area contributed by atoms with E-state index in [1.54, 1.807) is 0 Å². The normalized spacial score (nSPS) is 13.4. The van der Waals surface area contributed by atoms with E-state index in [1.165, 1.54) is 18.5 Å². The van der Waals surface area contributed by atoms with E-state index < -0.39 is 29.3 Å². The van der Waals surface area contributed by atoms with Crippen molar-refractivity contribution < 1.29 is 13.2 Å². The summed E-state index contributed by atoms with van der Waals surface area (Å²) in [7, 11) is 0. The van der Waals surface area contributed by atoms with Gasteiger partial charge in [0, 0.05) is 18.9 Å². The number of aromatic nitrogens is 2. The standard InChI is InChI=1S/C8H8F3N3OS/c9-8(10,11)5(6(12)16)4-14-3-1-2-13-7(14)15/h1-3,5H,4H2,(H2,12,16). The molecule has 1 unspecified atom stereocenters. The molecule has 88 valence electrons. The Balaban J connectivity index is 2.98. The molecule has 4 nitrogen and oxygen atoms in total. The van der Waals surface area contributed by atoms with Crippen molar-refractivity contribution >= 4 is 17.2 Å². The average Bonchev–Trinajstić information content (AvgIpc) is 2.14. The van der Waals surface area contributed by atoms with Gasteiger partial charge in [0.2, 0.25) is 0 Å². The molecule has 1 aromatic heterocycles. The summed E-state index contributed by atoms with van der Waals surface area (Å²) in [6.45, 7) is -0.647. The van der Waals surface area contributed by atoms with E-state index in [4.69, 9.17) is 5.73 Å². The largest absolute Gasteiger partial charge is 0.399 e. The second-order valence-electron chi connectivity index (χ2n) is 3.05. The summed E-state index contributed by atoms with van der Waals surface area (Å²) in [4.78, 5) is 13.7. The molecular weight excluding hydrogens is 243 g/mol. The lowest BCUT2D eigenvalue weighted by atomic mass is 10.1. The van der Waals surface area contributed by atoms with Gasteiger partial charge in [-0.05, 0) is 6.07 Å². The summed E-state index contributed by atoms with van der Waals surface area (Å²) in [6.07, 6.45) is -2.17. The summed E-state index contributed by atoms with van der Waals surface area (Å²) in [5.41, 5.74) is 4.23. The molecule has 1 aromatic rings. The smallest absolute Gasteiger partial charge is 0.393 e. The Morgan fingerprint density at radius 3 is 2.69 bits per heavy atom. The second-order valence-corrected chi connectivity index (χ2v) is 3.52. The molecule has 16 heavy (non-hydrogen) atoms. The lowest BCUT2D eigenvalue weighted by molar-refractivity contribution is -0.158. The fourth-order valence-electron chi connectivity index (χ4n) is 1.08. The molecule has 0 aromatic carbocycles. The highest BCUT2D eigenvalue weighted by atomic mass is 32.1. The Bertz CT molecular complexity index is 443. The predicted molar refractivity (Wildman–Crippen MR) is 54.8 cm³/mol. The molecule has 8 heteroatoms. The van der Waals surface area contributed by atoms with Crippen LogP contribution in [0.25, 0.3) is 0 Å². The second kappa shape index (κ2) is 4.60. The van der Waals surface area contributed by atoms with Crippen LogP contribution in [0.1, 0.15) is 0 Å². The van der Waals surface area contributed by atoms with Crippen molar-refractivity contribution in [3.8, 4) is 0 Å². The molecule has 0 fully saturated rings. The highest BCUT2D eigenvalue weighted by Gasteiger charge is 2.41. The minimum absolute atomic E-state index is 0.647. The molecule has 0 aliphatic rings. The van der Waals surface area contributed by atoms with E-state index in [0.29, 0.717) is 0 Å². The van der Waals surface area contributed by atoms with E-state index >= 15 is 0 Å². The zero-order valence-corrected chi connectivity index (χ0v) is 8.76. The van der Waals surface area contributed by atoms with Gasteiger partial charge in [-0.15, -0.1) is 0 Å². The predicted octanol–water partition coefficient (Wildman–Crippen LogP) is 0.708. The third-order valence-electron chi connectivity index (χ3n) is 1.90. The van der Waals surface area contributed by atoms with Crippen LogP contribution in [-0.2, 0) is 6.54 Å². The number of nitrogens with two attached hydrogens (primary N) is 1. The van der Waals surface area contributed by atoms with Crippen LogP contribution in [0.5, 0.6) is 0 Å². The lowest BCUT2D eigenvalue weighted by Crippen LogP contribution is -2.40. The van der Waals surface area contributed by atoms with Crippen LogP contribution in [0.15, 0.2) is 23.3 Å². The Morgan fingerprint density at radius 1 is 1.62 bits per heavy atom. The first-order valence-electron chi connectivity index (χ1n) is 4.20. The van der Waals surface area contributed by atoms with Gasteiger partial charge in [0.15, 0.2) is 0 Å². The first-order chi connectivity index (χ1) is 7.32. The molecule has 0 aliphatic carbocycles. The molecule has 0 spiro atoms. The zero-order chi connectivity index (χ0) is 12.3. The minimum Gasteiger partial charge on any atom is -0.393 e. The van der Waals surface area contributed by atoms with Crippen molar-refractivity contribution in [1.29, 1.82) is 0 Å². The van der Waals surface area contributed by atoms with Gasteiger partial charge in [0.1, 0.15) is 5.92 Å². The van der Waals surface area contributed by atoms with Crippen molar-refractivity contribution in [1.82, 2.24) is 9.55 Å². The quantitative estimate of drug-likeness (QED) is 0.804. The van der Waals surface area contributed by atoms with Crippen LogP contribution in [0.2, 0.25) is 0 Å². The van der Waals surface area contributed by atoms with Gasteiger partial charge >= 0.3 is 11.9 Å². The monoisotopic (exact) mass is 251 g/mol. The molecule has 0 saturated carbocycles. The molecule has 1 atom stereocenters. The molecule has 0 saturated heterocycles. The highest BCUT2D eigenvalue weighted by Crippen LogP contribution is 2.27. The summed E-state index contributed by atoms with van der Waals surface area (Å²) in [5, 5.41) is 0. The molecule has 1 rings (SSSR count). The van der Waals surface area contributed by atoms with Crippen LogP contribution < -0.4 is 11.4 Å². The number of alkyl halides is 3. The molecule has 0 amide bonds. The first kappa shape index (κ1) is 12.6. The average molecular weight is 251 g/mol. The number of nitrogens with zero attached hydrogens (tertiary/aromatic N) is 2. The summed E-state index contributed by atoms with van der Waals surface area (Å²) < 4.78 is 38.3. The third kappa shape index (κ3) is 3.02. The molecule has 0 bridgehead atoms. The molecule has 2 N–H and O–H groups in total. The zero-order valence-electron chi connectivity index (χ0n) is 7.94. The van der Waals surface area contributed by atoms with Crippen molar-refractivity contribution in [3.05, 3.63) is 28.9 Å². The van der Waals surface area contributed by atoms with Gasteiger partial charge in [0.25, 0.3) is 0 Å².